The molecule has 0 saturated heterocycles. The number of hydrogen-bond donors (Lipinski definition) is 2. The Bertz CT molecular complexity index is 852. The van der Waals surface area contributed by atoms with Gasteiger partial charge in [-0.3, -0.25) is 9.59 Å². The Morgan fingerprint density at radius 2 is 1.66 bits per heavy atom. The van der Waals surface area contributed by atoms with Crippen LogP contribution in [0.3, 0.4) is 0 Å². The van der Waals surface area contributed by atoms with E-state index in [1.165, 1.54) is 6.42 Å². The van der Waals surface area contributed by atoms with E-state index >= 15 is 0 Å². The quantitative estimate of drug-likeness (QED) is 0.741. The molecule has 1 atom stereocenters. The number of amides is 2. The van der Waals surface area contributed by atoms with Gasteiger partial charge >= 0.3 is 0 Å². The summed E-state index contributed by atoms with van der Waals surface area (Å²) >= 11 is 0. The third kappa shape index (κ3) is 5.83. The molecule has 1 aliphatic rings. The van der Waals surface area contributed by atoms with Crippen LogP contribution in [0, 0.1) is 13.8 Å². The standard InChI is InChI=1S/C24H30N2O3/c1-16-13-17(2)15-20(14-16)29-18(3)23(27)26-22-12-8-7-11-21(22)24(28)25-19-9-5-4-6-10-19/h7-8,11-15,18-19H,4-6,9-10H2,1-3H3,(H,25,28)(H,26,27)/t18-/m0/s1. The predicted molar refractivity (Wildman–Crippen MR) is 115 cm³/mol. The third-order valence-corrected chi connectivity index (χ3v) is 5.25. The second kappa shape index (κ2) is 9.59. The van der Waals surface area contributed by atoms with Gasteiger partial charge in [-0.2, -0.15) is 0 Å². The highest BCUT2D eigenvalue weighted by atomic mass is 16.5. The molecule has 0 radical (unpaired) electrons. The van der Waals surface area contributed by atoms with Crippen LogP contribution in [-0.4, -0.2) is 24.0 Å². The number of nitrogens with one attached hydrogen (secondary N) is 2. The van der Waals surface area contributed by atoms with E-state index in [2.05, 4.69) is 16.7 Å². The van der Waals surface area contributed by atoms with E-state index < -0.39 is 6.10 Å². The Balaban J connectivity index is 1.66. The lowest BCUT2D eigenvalue weighted by Gasteiger charge is -2.23. The van der Waals surface area contributed by atoms with E-state index in [1.54, 1.807) is 25.1 Å². The fourth-order valence-corrected chi connectivity index (χ4v) is 3.79. The summed E-state index contributed by atoms with van der Waals surface area (Å²) in [6.07, 6.45) is 4.87. The zero-order valence-corrected chi connectivity index (χ0v) is 17.5. The smallest absolute Gasteiger partial charge is 0.265 e. The summed E-state index contributed by atoms with van der Waals surface area (Å²) < 4.78 is 5.82. The highest BCUT2D eigenvalue weighted by molar-refractivity contribution is 6.04. The topological polar surface area (TPSA) is 67.4 Å². The molecule has 2 aromatic rings. The number of carbonyl (C=O) groups excluding carboxylic acids is 2. The molecule has 29 heavy (non-hydrogen) atoms. The molecule has 2 aromatic carbocycles. The summed E-state index contributed by atoms with van der Waals surface area (Å²) in [7, 11) is 0. The van der Waals surface area contributed by atoms with Gasteiger partial charge in [0.05, 0.1) is 11.3 Å². The van der Waals surface area contributed by atoms with Crippen LogP contribution in [0.4, 0.5) is 5.69 Å². The molecule has 0 aromatic heterocycles. The molecular formula is C24H30N2O3. The van der Waals surface area contributed by atoms with Crippen molar-refractivity contribution >= 4 is 17.5 Å². The van der Waals surface area contributed by atoms with Crippen molar-refractivity contribution in [2.24, 2.45) is 0 Å². The van der Waals surface area contributed by atoms with Crippen molar-refractivity contribution in [3.63, 3.8) is 0 Å². The van der Waals surface area contributed by atoms with Crippen LogP contribution in [0.2, 0.25) is 0 Å². The van der Waals surface area contributed by atoms with Crippen molar-refractivity contribution in [2.45, 2.75) is 65.0 Å². The zero-order chi connectivity index (χ0) is 20.8. The molecule has 1 saturated carbocycles. The molecule has 154 valence electrons. The Labute approximate surface area is 172 Å². The second-order valence-corrected chi connectivity index (χ2v) is 7.93. The van der Waals surface area contributed by atoms with Gasteiger partial charge in [-0.05, 0) is 69.0 Å². The van der Waals surface area contributed by atoms with Gasteiger partial charge in [0.2, 0.25) is 0 Å². The van der Waals surface area contributed by atoms with Crippen LogP contribution in [0.25, 0.3) is 0 Å². The van der Waals surface area contributed by atoms with Crippen molar-refractivity contribution in [3.05, 3.63) is 59.2 Å². The monoisotopic (exact) mass is 394 g/mol. The number of rotatable bonds is 6. The number of hydrogen-bond acceptors (Lipinski definition) is 3. The van der Waals surface area contributed by atoms with E-state index in [-0.39, 0.29) is 17.9 Å². The van der Waals surface area contributed by atoms with E-state index in [0.29, 0.717) is 17.0 Å². The number of ether oxygens (including phenoxy) is 1. The van der Waals surface area contributed by atoms with Crippen molar-refractivity contribution in [1.29, 1.82) is 0 Å². The van der Waals surface area contributed by atoms with Gasteiger partial charge in [0.25, 0.3) is 11.8 Å². The first kappa shape index (κ1) is 20.9. The minimum absolute atomic E-state index is 0.143. The molecule has 0 unspecified atom stereocenters. The van der Waals surface area contributed by atoms with Gasteiger partial charge in [-0.25, -0.2) is 0 Å². The highest BCUT2D eigenvalue weighted by Crippen LogP contribution is 2.21. The Morgan fingerprint density at radius 3 is 2.34 bits per heavy atom. The second-order valence-electron chi connectivity index (χ2n) is 7.93. The molecule has 0 heterocycles. The van der Waals surface area contributed by atoms with Crippen molar-refractivity contribution in [1.82, 2.24) is 5.32 Å². The summed E-state index contributed by atoms with van der Waals surface area (Å²) in [5.74, 6) is 0.228. The molecule has 1 fully saturated rings. The molecule has 0 bridgehead atoms. The molecule has 0 spiro atoms. The Hall–Kier alpha value is -2.82. The number of para-hydroxylation sites is 1. The minimum atomic E-state index is -0.689. The minimum Gasteiger partial charge on any atom is -0.481 e. The normalized spacial score (nSPS) is 15.4. The molecule has 5 nitrogen and oxygen atoms in total. The van der Waals surface area contributed by atoms with Gasteiger partial charge in [0.1, 0.15) is 5.75 Å². The molecular weight excluding hydrogens is 364 g/mol. The predicted octanol–water partition coefficient (Wildman–Crippen LogP) is 4.77. The summed E-state index contributed by atoms with van der Waals surface area (Å²) in [5.41, 5.74) is 3.14. The maximum absolute atomic E-state index is 12.8. The number of anilines is 1. The van der Waals surface area contributed by atoms with Gasteiger partial charge < -0.3 is 15.4 Å². The Morgan fingerprint density at radius 1 is 1.00 bits per heavy atom. The van der Waals surface area contributed by atoms with Gasteiger partial charge in [-0.1, -0.05) is 37.5 Å². The van der Waals surface area contributed by atoms with Crippen LogP contribution >= 0.6 is 0 Å². The van der Waals surface area contributed by atoms with Crippen LogP contribution < -0.4 is 15.4 Å². The van der Waals surface area contributed by atoms with Crippen LogP contribution in [0.5, 0.6) is 5.75 Å². The molecule has 5 heteroatoms. The van der Waals surface area contributed by atoms with Crippen molar-refractivity contribution in [3.8, 4) is 5.75 Å². The van der Waals surface area contributed by atoms with Crippen LogP contribution in [-0.2, 0) is 4.79 Å². The molecule has 3 rings (SSSR count). The van der Waals surface area contributed by atoms with Crippen LogP contribution in [0.1, 0.15) is 60.5 Å². The Kier molecular flexibility index (Phi) is 6.91. The summed E-state index contributed by atoms with van der Waals surface area (Å²) in [6, 6.07) is 13.2. The lowest BCUT2D eigenvalue weighted by molar-refractivity contribution is -0.122. The van der Waals surface area contributed by atoms with E-state index in [4.69, 9.17) is 4.74 Å². The molecule has 2 amide bonds. The number of carbonyl (C=O) groups is 2. The van der Waals surface area contributed by atoms with E-state index in [0.717, 1.165) is 36.8 Å². The van der Waals surface area contributed by atoms with Gasteiger partial charge in [0, 0.05) is 6.04 Å². The fraction of sp³-hybridized carbons (Fsp3) is 0.417. The summed E-state index contributed by atoms with van der Waals surface area (Å²) in [5, 5.41) is 5.96. The highest BCUT2D eigenvalue weighted by Gasteiger charge is 2.21. The fourth-order valence-electron chi connectivity index (χ4n) is 3.79. The summed E-state index contributed by atoms with van der Waals surface area (Å²) in [6.45, 7) is 5.69. The largest absolute Gasteiger partial charge is 0.481 e. The number of aryl methyl sites for hydroxylation is 2. The van der Waals surface area contributed by atoms with E-state index in [1.807, 2.05) is 32.0 Å². The van der Waals surface area contributed by atoms with Crippen LogP contribution in [0.15, 0.2) is 42.5 Å². The maximum atomic E-state index is 12.8. The lowest BCUT2D eigenvalue weighted by Crippen LogP contribution is -2.37. The van der Waals surface area contributed by atoms with Crippen molar-refractivity contribution < 1.29 is 14.3 Å². The molecule has 2 N–H and O–H groups in total. The average molecular weight is 395 g/mol. The molecule has 1 aliphatic carbocycles. The van der Waals surface area contributed by atoms with E-state index in [9.17, 15) is 9.59 Å². The van der Waals surface area contributed by atoms with Crippen molar-refractivity contribution in [2.75, 3.05) is 5.32 Å². The average Bonchev–Trinajstić information content (AvgIpc) is 2.68. The first-order chi connectivity index (χ1) is 13.9. The SMILES string of the molecule is Cc1cc(C)cc(O[C@@H](C)C(=O)Nc2ccccc2C(=O)NC2CCCCC2)c1. The zero-order valence-electron chi connectivity index (χ0n) is 17.5. The maximum Gasteiger partial charge on any atom is 0.265 e. The molecule has 0 aliphatic heterocycles. The first-order valence-corrected chi connectivity index (χ1v) is 10.4. The first-order valence-electron chi connectivity index (χ1n) is 10.4. The van der Waals surface area contributed by atoms with Gasteiger partial charge in [-0.15, -0.1) is 0 Å². The van der Waals surface area contributed by atoms with Gasteiger partial charge in [0.15, 0.2) is 6.10 Å². The summed E-state index contributed by atoms with van der Waals surface area (Å²) in [4.78, 5) is 25.4. The third-order valence-electron chi connectivity index (χ3n) is 5.25. The number of benzene rings is 2. The lowest BCUT2D eigenvalue weighted by atomic mass is 9.95.